The first-order chi connectivity index (χ1) is 15.7. The van der Waals surface area contributed by atoms with Crippen LogP contribution in [0.5, 0.6) is 0 Å². The first kappa shape index (κ1) is 22.7. The number of carbonyl (C=O) groups is 1. The molecule has 4 rings (SSSR count). The first-order valence-corrected chi connectivity index (χ1v) is 11.0. The van der Waals surface area contributed by atoms with E-state index in [4.69, 9.17) is 10.5 Å². The number of nitrogen functional groups attached to an aromatic ring is 1. The van der Waals surface area contributed by atoms with Crippen LogP contribution in [0.25, 0.3) is 22.8 Å². The third-order valence-corrected chi connectivity index (χ3v) is 5.37. The van der Waals surface area contributed by atoms with Crippen molar-refractivity contribution in [3.63, 3.8) is 0 Å². The Morgan fingerprint density at radius 1 is 1.33 bits per heavy atom. The number of aliphatic hydroxyl groups excluding tert-OH is 1. The lowest BCUT2D eigenvalue weighted by Gasteiger charge is -2.33. The highest BCUT2D eigenvalue weighted by molar-refractivity contribution is 5.69. The van der Waals surface area contributed by atoms with Gasteiger partial charge < -0.3 is 20.5 Å². The Morgan fingerprint density at radius 2 is 2.15 bits per heavy atom. The number of benzene rings is 1. The van der Waals surface area contributed by atoms with E-state index in [0.717, 1.165) is 24.0 Å². The number of nitrogens with zero attached hydrogens (tertiary/aromatic N) is 5. The van der Waals surface area contributed by atoms with Crippen LogP contribution in [-0.4, -0.2) is 59.9 Å². The normalized spacial score (nSPS) is 16.6. The third-order valence-electron chi connectivity index (χ3n) is 5.37. The van der Waals surface area contributed by atoms with E-state index in [-0.39, 0.29) is 24.4 Å². The van der Waals surface area contributed by atoms with Crippen molar-refractivity contribution in [2.45, 2.75) is 51.7 Å². The van der Waals surface area contributed by atoms with Crippen molar-refractivity contribution in [3.05, 3.63) is 41.9 Å². The zero-order valence-electron chi connectivity index (χ0n) is 19.1. The van der Waals surface area contributed by atoms with Gasteiger partial charge in [-0.25, -0.2) is 19.7 Å². The number of hydrogen-bond donors (Lipinski definition) is 3. The zero-order valence-corrected chi connectivity index (χ0v) is 19.1. The molecule has 0 radical (unpaired) electrons. The standard InChI is InChI=1S/C23H29N7O3/c1-23(2,3)33-22(32)30-9-5-8-16(12-30)20-27-21(29-28-20)18-19(24)25-11-17(26-18)15-7-4-6-14(10-15)13-31/h4,6-7,10-11,16,31H,5,8-9,12-13H2,1-3H3,(H2,24,25)(H,27,28,29). The molecule has 0 saturated carbocycles. The van der Waals surface area contributed by atoms with Crippen LogP contribution in [0.1, 0.15) is 50.9 Å². The van der Waals surface area contributed by atoms with Gasteiger partial charge in [0.05, 0.1) is 18.5 Å². The number of aliphatic hydroxyl groups is 1. The van der Waals surface area contributed by atoms with E-state index < -0.39 is 5.60 Å². The highest BCUT2D eigenvalue weighted by atomic mass is 16.6. The highest BCUT2D eigenvalue weighted by Gasteiger charge is 2.30. The number of hydrogen-bond acceptors (Lipinski definition) is 8. The topological polar surface area (TPSA) is 143 Å². The van der Waals surface area contributed by atoms with Crippen LogP contribution >= 0.6 is 0 Å². The number of nitrogens with one attached hydrogen (secondary N) is 1. The molecule has 33 heavy (non-hydrogen) atoms. The molecule has 1 saturated heterocycles. The van der Waals surface area contributed by atoms with Crippen molar-refractivity contribution in [3.8, 4) is 22.8 Å². The minimum absolute atomic E-state index is 0.0186. The predicted molar refractivity (Wildman–Crippen MR) is 123 cm³/mol. The molecule has 1 aliphatic rings. The van der Waals surface area contributed by atoms with Gasteiger partial charge in [0, 0.05) is 24.6 Å². The van der Waals surface area contributed by atoms with Crippen LogP contribution in [-0.2, 0) is 11.3 Å². The maximum atomic E-state index is 12.5. The monoisotopic (exact) mass is 451 g/mol. The van der Waals surface area contributed by atoms with Crippen molar-refractivity contribution in [1.82, 2.24) is 30.0 Å². The number of H-pyrrole nitrogens is 1. The van der Waals surface area contributed by atoms with Gasteiger partial charge in [0.1, 0.15) is 11.3 Å². The van der Waals surface area contributed by atoms with Crippen molar-refractivity contribution in [2.75, 3.05) is 18.8 Å². The van der Waals surface area contributed by atoms with E-state index >= 15 is 0 Å². The Morgan fingerprint density at radius 3 is 2.91 bits per heavy atom. The number of likely N-dealkylation sites (tertiary alicyclic amines) is 1. The zero-order chi connectivity index (χ0) is 23.6. The molecule has 1 atom stereocenters. The average Bonchev–Trinajstić information content (AvgIpc) is 3.28. The number of piperidine rings is 1. The summed E-state index contributed by atoms with van der Waals surface area (Å²) in [4.78, 5) is 27.7. The van der Waals surface area contributed by atoms with Crippen LogP contribution in [0.3, 0.4) is 0 Å². The smallest absolute Gasteiger partial charge is 0.410 e. The average molecular weight is 452 g/mol. The second kappa shape index (κ2) is 9.14. The lowest BCUT2D eigenvalue weighted by atomic mass is 9.98. The molecule has 2 aromatic heterocycles. The minimum Gasteiger partial charge on any atom is -0.444 e. The van der Waals surface area contributed by atoms with E-state index in [2.05, 4.69) is 25.1 Å². The van der Waals surface area contributed by atoms with Gasteiger partial charge in [-0.15, -0.1) is 0 Å². The molecule has 1 fully saturated rings. The molecular weight excluding hydrogens is 422 g/mol. The summed E-state index contributed by atoms with van der Waals surface area (Å²) in [6, 6.07) is 7.43. The summed E-state index contributed by atoms with van der Waals surface area (Å²) in [6.07, 6.45) is 2.97. The number of aromatic amines is 1. The van der Waals surface area contributed by atoms with Gasteiger partial charge in [-0.3, -0.25) is 5.10 Å². The molecule has 10 nitrogen and oxygen atoms in total. The Kier molecular flexibility index (Phi) is 6.28. The summed E-state index contributed by atoms with van der Waals surface area (Å²) in [5, 5.41) is 16.7. The van der Waals surface area contributed by atoms with E-state index in [0.29, 0.717) is 36.1 Å². The molecule has 174 valence electrons. The molecule has 3 heterocycles. The van der Waals surface area contributed by atoms with Crippen molar-refractivity contribution in [1.29, 1.82) is 0 Å². The number of aromatic nitrogens is 5. The molecule has 3 aromatic rings. The second-order valence-corrected chi connectivity index (χ2v) is 9.16. The number of amides is 1. The van der Waals surface area contributed by atoms with Crippen molar-refractivity contribution >= 4 is 11.9 Å². The molecule has 1 aliphatic heterocycles. The van der Waals surface area contributed by atoms with Gasteiger partial charge in [-0.2, -0.15) is 5.10 Å². The maximum absolute atomic E-state index is 12.5. The van der Waals surface area contributed by atoms with Crippen molar-refractivity contribution < 1.29 is 14.6 Å². The quantitative estimate of drug-likeness (QED) is 0.549. The molecular formula is C23H29N7O3. The largest absolute Gasteiger partial charge is 0.444 e. The van der Waals surface area contributed by atoms with Crippen LogP contribution in [0.15, 0.2) is 30.5 Å². The predicted octanol–water partition coefficient (Wildman–Crippen LogP) is 3.12. The lowest BCUT2D eigenvalue weighted by molar-refractivity contribution is 0.0196. The van der Waals surface area contributed by atoms with Gasteiger partial charge >= 0.3 is 6.09 Å². The summed E-state index contributed by atoms with van der Waals surface area (Å²) in [5.74, 6) is 1.24. The van der Waals surface area contributed by atoms with Gasteiger partial charge in [0.25, 0.3) is 0 Å². The molecule has 1 amide bonds. The summed E-state index contributed by atoms with van der Waals surface area (Å²) in [6.45, 7) is 6.64. The van der Waals surface area contributed by atoms with E-state index in [1.54, 1.807) is 11.1 Å². The number of anilines is 1. The van der Waals surface area contributed by atoms with E-state index in [9.17, 15) is 9.90 Å². The highest BCUT2D eigenvalue weighted by Crippen LogP contribution is 2.29. The fourth-order valence-corrected chi connectivity index (χ4v) is 3.78. The van der Waals surface area contributed by atoms with Gasteiger partial charge in [-0.05, 0) is 45.2 Å². The number of nitrogens with two attached hydrogens (primary N) is 1. The Hall–Kier alpha value is -3.53. The maximum Gasteiger partial charge on any atom is 0.410 e. The van der Waals surface area contributed by atoms with E-state index in [1.165, 1.54) is 0 Å². The first-order valence-electron chi connectivity index (χ1n) is 11.0. The van der Waals surface area contributed by atoms with Gasteiger partial charge in [0.15, 0.2) is 17.5 Å². The fraction of sp³-hybridized carbons (Fsp3) is 0.435. The SMILES string of the molecule is CC(C)(C)OC(=O)N1CCCC(c2n[nH]c(-c3nc(-c4cccc(CO)c4)cnc3N)n2)C1. The Bertz CT molecular complexity index is 1140. The second-order valence-electron chi connectivity index (χ2n) is 9.16. The fourth-order valence-electron chi connectivity index (χ4n) is 3.78. The summed E-state index contributed by atoms with van der Waals surface area (Å²) in [5.41, 5.74) is 8.16. The number of rotatable bonds is 4. The summed E-state index contributed by atoms with van der Waals surface area (Å²) >= 11 is 0. The molecule has 0 aliphatic carbocycles. The number of carbonyl (C=O) groups excluding carboxylic acids is 1. The lowest BCUT2D eigenvalue weighted by Crippen LogP contribution is -2.42. The molecule has 4 N–H and O–H groups in total. The van der Waals surface area contributed by atoms with Crippen LogP contribution in [0.2, 0.25) is 0 Å². The van der Waals surface area contributed by atoms with Gasteiger partial charge in [-0.1, -0.05) is 18.2 Å². The molecule has 1 unspecified atom stereocenters. The Labute approximate surface area is 192 Å². The van der Waals surface area contributed by atoms with E-state index in [1.807, 2.05) is 45.0 Å². The summed E-state index contributed by atoms with van der Waals surface area (Å²) < 4.78 is 5.51. The van der Waals surface area contributed by atoms with Crippen LogP contribution in [0.4, 0.5) is 10.6 Å². The Balaban J connectivity index is 1.55. The van der Waals surface area contributed by atoms with Crippen LogP contribution < -0.4 is 5.73 Å². The summed E-state index contributed by atoms with van der Waals surface area (Å²) in [7, 11) is 0. The molecule has 1 aromatic carbocycles. The minimum atomic E-state index is -0.542. The molecule has 10 heteroatoms. The van der Waals surface area contributed by atoms with Crippen LogP contribution in [0, 0.1) is 0 Å². The van der Waals surface area contributed by atoms with Gasteiger partial charge in [0.2, 0.25) is 0 Å². The third kappa shape index (κ3) is 5.28. The number of ether oxygens (including phenoxy) is 1. The molecule has 0 bridgehead atoms. The van der Waals surface area contributed by atoms with Crippen molar-refractivity contribution in [2.24, 2.45) is 0 Å². The molecule has 0 spiro atoms.